The minimum Gasteiger partial charge on any atom is -0.292 e. The molecule has 1 unspecified atom stereocenters. The van der Waals surface area contributed by atoms with E-state index in [2.05, 4.69) is 40.5 Å². The van der Waals surface area contributed by atoms with Crippen molar-refractivity contribution in [2.24, 2.45) is 0 Å². The maximum atomic E-state index is 4.29. The molecule has 2 aromatic heterocycles. The Kier molecular flexibility index (Phi) is 2.33. The van der Waals surface area contributed by atoms with Crippen LogP contribution < -0.4 is 0 Å². The maximum Gasteiger partial charge on any atom is 0.159 e. The number of nitrogens with zero attached hydrogens (tertiary/aromatic N) is 3. The third-order valence-corrected chi connectivity index (χ3v) is 3.25. The molecule has 1 aliphatic heterocycles. The average Bonchev–Trinajstić information content (AvgIpc) is 2.26. The lowest BCUT2D eigenvalue weighted by Gasteiger charge is -2.36. The van der Waals surface area contributed by atoms with E-state index in [1.165, 1.54) is 12.0 Å². The van der Waals surface area contributed by atoms with E-state index in [0.717, 1.165) is 17.6 Å². The van der Waals surface area contributed by atoms with Crippen LogP contribution >= 0.6 is 0 Å². The van der Waals surface area contributed by atoms with Crippen molar-refractivity contribution in [3.8, 4) is 0 Å². The molecule has 0 N–H and O–H groups in total. The van der Waals surface area contributed by atoms with Crippen LogP contribution in [-0.2, 0) is 0 Å². The Balaban J connectivity index is 2.08. The minimum absolute atomic E-state index is 0.420. The second-order valence-corrected chi connectivity index (χ2v) is 4.16. The van der Waals surface area contributed by atoms with E-state index < -0.39 is 0 Å². The van der Waals surface area contributed by atoms with Crippen LogP contribution in [0.1, 0.15) is 24.9 Å². The van der Waals surface area contributed by atoms with Gasteiger partial charge in [0.25, 0.3) is 0 Å². The van der Waals surface area contributed by atoms with Gasteiger partial charge in [-0.05, 0) is 37.1 Å². The number of hydrogen-bond donors (Lipinski definition) is 0. The molecule has 1 atom stereocenters. The highest BCUT2D eigenvalue weighted by Gasteiger charge is 2.23. The monoisotopic (exact) mass is 212 g/mol. The lowest BCUT2D eigenvalue weighted by Crippen LogP contribution is -2.34. The van der Waals surface area contributed by atoms with Crippen molar-refractivity contribution in [3.05, 3.63) is 42.7 Å². The lowest BCUT2D eigenvalue weighted by atomic mass is 10.0. The summed E-state index contributed by atoms with van der Waals surface area (Å²) in [5.41, 5.74) is 2.15. The Bertz CT molecular complexity index is 500. The van der Waals surface area contributed by atoms with Gasteiger partial charge in [-0.25, -0.2) is 9.97 Å². The average molecular weight is 212 g/mol. The van der Waals surface area contributed by atoms with Crippen molar-refractivity contribution >= 4 is 11.0 Å². The highest BCUT2D eigenvalue weighted by molar-refractivity contribution is 5.78. The molecule has 0 saturated carbocycles. The van der Waals surface area contributed by atoms with Crippen molar-refractivity contribution in [1.29, 1.82) is 0 Å². The van der Waals surface area contributed by atoms with Gasteiger partial charge in [-0.1, -0.05) is 0 Å². The first-order chi connectivity index (χ1) is 7.86. The molecule has 3 nitrogen and oxygen atoms in total. The Labute approximate surface area is 95.1 Å². The third kappa shape index (κ3) is 1.48. The molecule has 2 aromatic rings. The van der Waals surface area contributed by atoms with Crippen LogP contribution in [-0.4, -0.2) is 21.4 Å². The summed E-state index contributed by atoms with van der Waals surface area (Å²) in [6.07, 6.45) is 4.84. The van der Waals surface area contributed by atoms with Crippen LogP contribution in [0.15, 0.2) is 30.6 Å². The van der Waals surface area contributed by atoms with Crippen LogP contribution in [0.2, 0.25) is 0 Å². The SMILES string of the molecule is CC(c1ccnc2ncccc12)N1[CH]CC1. The summed E-state index contributed by atoms with van der Waals surface area (Å²) in [6, 6.07) is 6.59. The van der Waals surface area contributed by atoms with Crippen molar-refractivity contribution in [1.82, 2.24) is 14.9 Å². The number of fused-ring (bicyclic) bond motifs is 1. The van der Waals surface area contributed by atoms with E-state index in [1.807, 2.05) is 12.3 Å². The van der Waals surface area contributed by atoms with Gasteiger partial charge in [0, 0.05) is 36.9 Å². The largest absolute Gasteiger partial charge is 0.292 e. The van der Waals surface area contributed by atoms with Gasteiger partial charge in [0.05, 0.1) is 0 Å². The molecule has 3 heterocycles. The predicted octanol–water partition coefficient (Wildman–Crippen LogP) is 2.56. The molecule has 0 aliphatic carbocycles. The first-order valence-electron chi connectivity index (χ1n) is 5.65. The van der Waals surface area contributed by atoms with Crippen LogP contribution in [0.5, 0.6) is 0 Å². The summed E-state index contributed by atoms with van der Waals surface area (Å²) < 4.78 is 0. The highest BCUT2D eigenvalue weighted by atomic mass is 15.2. The zero-order valence-electron chi connectivity index (χ0n) is 9.30. The molecule has 1 aliphatic rings. The standard InChI is InChI=1S/C13H14N3/c1-10(16-8-3-9-16)11-5-7-15-13-12(11)4-2-6-14-13/h2,4-8,10H,3,9H2,1H3. The van der Waals surface area contributed by atoms with Crippen LogP contribution in [0.4, 0.5) is 0 Å². The molecule has 1 saturated heterocycles. The number of likely N-dealkylation sites (tertiary alicyclic amines) is 1. The third-order valence-electron chi connectivity index (χ3n) is 3.25. The van der Waals surface area contributed by atoms with Crippen LogP contribution in [0.3, 0.4) is 0 Å². The van der Waals surface area contributed by atoms with Crippen molar-refractivity contribution < 1.29 is 0 Å². The number of rotatable bonds is 2. The second-order valence-electron chi connectivity index (χ2n) is 4.16. The molecule has 1 radical (unpaired) electrons. The van der Waals surface area contributed by atoms with Crippen LogP contribution in [0.25, 0.3) is 11.0 Å². The lowest BCUT2D eigenvalue weighted by molar-refractivity contribution is 0.187. The smallest absolute Gasteiger partial charge is 0.159 e. The summed E-state index contributed by atoms with van der Waals surface area (Å²) in [6.45, 7) is 5.65. The molecule has 81 valence electrons. The van der Waals surface area contributed by atoms with E-state index in [4.69, 9.17) is 0 Å². The molecule has 0 spiro atoms. The molecule has 1 fully saturated rings. The first kappa shape index (κ1) is 9.73. The molecule has 0 bridgehead atoms. The summed E-state index contributed by atoms with van der Waals surface area (Å²) >= 11 is 0. The zero-order valence-corrected chi connectivity index (χ0v) is 9.30. The molecule has 16 heavy (non-hydrogen) atoms. The maximum absolute atomic E-state index is 4.29. The predicted molar refractivity (Wildman–Crippen MR) is 63.6 cm³/mol. The molecule has 3 rings (SSSR count). The van der Waals surface area contributed by atoms with Gasteiger partial charge in [-0.15, -0.1) is 0 Å². The van der Waals surface area contributed by atoms with Gasteiger partial charge >= 0.3 is 0 Å². The fourth-order valence-corrected chi connectivity index (χ4v) is 2.18. The van der Waals surface area contributed by atoms with Gasteiger partial charge < -0.3 is 0 Å². The fourth-order valence-electron chi connectivity index (χ4n) is 2.18. The highest BCUT2D eigenvalue weighted by Crippen LogP contribution is 2.30. The second kappa shape index (κ2) is 3.83. The van der Waals surface area contributed by atoms with Gasteiger partial charge in [-0.3, -0.25) is 4.90 Å². The molecular weight excluding hydrogens is 198 g/mol. The van der Waals surface area contributed by atoms with Gasteiger partial charge in [0.2, 0.25) is 0 Å². The van der Waals surface area contributed by atoms with E-state index in [1.54, 1.807) is 6.20 Å². The molecule has 0 aromatic carbocycles. The Morgan fingerprint density at radius 2 is 2.06 bits per heavy atom. The van der Waals surface area contributed by atoms with Crippen molar-refractivity contribution in [3.63, 3.8) is 0 Å². The van der Waals surface area contributed by atoms with E-state index in [0.29, 0.717) is 6.04 Å². The van der Waals surface area contributed by atoms with E-state index in [9.17, 15) is 0 Å². The van der Waals surface area contributed by atoms with Gasteiger partial charge in [-0.2, -0.15) is 0 Å². The number of hydrogen-bond acceptors (Lipinski definition) is 3. The quantitative estimate of drug-likeness (QED) is 0.766. The Morgan fingerprint density at radius 1 is 1.25 bits per heavy atom. The molecule has 3 heteroatoms. The van der Waals surface area contributed by atoms with E-state index >= 15 is 0 Å². The van der Waals surface area contributed by atoms with Crippen LogP contribution in [0, 0.1) is 6.54 Å². The topological polar surface area (TPSA) is 29.0 Å². The molecule has 0 amide bonds. The Morgan fingerprint density at radius 3 is 2.81 bits per heavy atom. The summed E-state index contributed by atoms with van der Waals surface area (Å²) in [4.78, 5) is 10.9. The van der Waals surface area contributed by atoms with Crippen molar-refractivity contribution in [2.75, 3.05) is 6.54 Å². The summed E-state index contributed by atoms with van der Waals surface area (Å²) in [7, 11) is 0. The summed E-state index contributed by atoms with van der Waals surface area (Å²) in [5, 5.41) is 1.16. The Hall–Kier alpha value is -1.48. The van der Waals surface area contributed by atoms with E-state index in [-0.39, 0.29) is 0 Å². The first-order valence-corrected chi connectivity index (χ1v) is 5.65. The zero-order chi connectivity index (χ0) is 11.0. The van der Waals surface area contributed by atoms with Crippen molar-refractivity contribution in [2.45, 2.75) is 19.4 Å². The number of pyridine rings is 2. The fraction of sp³-hybridized carbons (Fsp3) is 0.308. The van der Waals surface area contributed by atoms with Gasteiger partial charge in [0.15, 0.2) is 5.65 Å². The normalized spacial score (nSPS) is 18.3. The van der Waals surface area contributed by atoms with Gasteiger partial charge in [0.1, 0.15) is 0 Å². The molecular formula is C13H14N3. The summed E-state index contributed by atoms with van der Waals surface area (Å²) in [5.74, 6) is 0. The minimum atomic E-state index is 0.420. The number of aromatic nitrogens is 2.